The molecule has 0 atom stereocenters. The summed E-state index contributed by atoms with van der Waals surface area (Å²) < 4.78 is 7.37. The number of amides is 2. The highest BCUT2D eigenvalue weighted by molar-refractivity contribution is 5.94. The molecule has 0 aliphatic carbocycles. The number of aromatic nitrogens is 2. The zero-order chi connectivity index (χ0) is 23.9. The average molecular weight is 461 g/mol. The standard InChI is InChI=1S/C27H32N4O3/c1-20(2)22-7-5-21(6-8-22)19-31-16-13-28-27(31)23-11-14-30(15-12-23)26(33)18-29-25(32)10-9-24-4-3-17-34-24/h3-10,13,16-17,20,23H,11-12,14-15,18-19H2,1-2H3,(H,29,32). The van der Waals surface area contributed by atoms with Crippen molar-refractivity contribution in [3.8, 4) is 0 Å². The summed E-state index contributed by atoms with van der Waals surface area (Å²) in [6.45, 7) is 6.52. The zero-order valence-electron chi connectivity index (χ0n) is 19.8. The first-order valence-electron chi connectivity index (χ1n) is 11.9. The third-order valence-electron chi connectivity index (χ3n) is 6.32. The van der Waals surface area contributed by atoms with Crippen molar-refractivity contribution in [2.45, 2.75) is 45.1 Å². The van der Waals surface area contributed by atoms with E-state index in [1.165, 1.54) is 17.2 Å². The van der Waals surface area contributed by atoms with Gasteiger partial charge in [-0.3, -0.25) is 9.59 Å². The van der Waals surface area contributed by atoms with Gasteiger partial charge in [-0.1, -0.05) is 38.1 Å². The third-order valence-corrected chi connectivity index (χ3v) is 6.32. The minimum absolute atomic E-state index is 0.00695. The van der Waals surface area contributed by atoms with Crippen LogP contribution >= 0.6 is 0 Å². The van der Waals surface area contributed by atoms with Gasteiger partial charge in [0, 0.05) is 44.0 Å². The van der Waals surface area contributed by atoms with Crippen LogP contribution in [0.1, 0.15) is 61.2 Å². The minimum atomic E-state index is -0.317. The highest BCUT2D eigenvalue weighted by Gasteiger charge is 2.26. The van der Waals surface area contributed by atoms with Crippen molar-refractivity contribution in [1.82, 2.24) is 19.8 Å². The minimum Gasteiger partial charge on any atom is -0.465 e. The SMILES string of the molecule is CC(C)c1ccc(Cn2ccnc2C2CCN(C(=O)CNC(=O)C=Cc3ccco3)CC2)cc1. The fourth-order valence-electron chi connectivity index (χ4n) is 4.28. The zero-order valence-corrected chi connectivity index (χ0v) is 19.8. The van der Waals surface area contributed by atoms with Gasteiger partial charge in [0.15, 0.2) is 0 Å². The molecule has 0 bridgehead atoms. The van der Waals surface area contributed by atoms with E-state index in [1.54, 1.807) is 24.5 Å². The number of carbonyl (C=O) groups excluding carboxylic acids is 2. The predicted octanol–water partition coefficient (Wildman–Crippen LogP) is 4.18. The first-order chi connectivity index (χ1) is 16.5. The first-order valence-corrected chi connectivity index (χ1v) is 11.9. The molecule has 0 unspecified atom stereocenters. The van der Waals surface area contributed by atoms with Gasteiger partial charge in [0.05, 0.1) is 12.8 Å². The van der Waals surface area contributed by atoms with E-state index in [1.807, 2.05) is 17.3 Å². The molecule has 34 heavy (non-hydrogen) atoms. The number of nitrogens with one attached hydrogen (secondary N) is 1. The highest BCUT2D eigenvalue weighted by Crippen LogP contribution is 2.27. The molecule has 1 saturated heterocycles. The molecule has 0 spiro atoms. The van der Waals surface area contributed by atoms with Crippen LogP contribution in [0.25, 0.3) is 6.08 Å². The third kappa shape index (κ3) is 6.04. The van der Waals surface area contributed by atoms with Crippen LogP contribution in [0.5, 0.6) is 0 Å². The van der Waals surface area contributed by atoms with Gasteiger partial charge in [0.25, 0.3) is 0 Å². The molecule has 7 heteroatoms. The molecule has 2 amide bonds. The monoisotopic (exact) mass is 460 g/mol. The quantitative estimate of drug-likeness (QED) is 0.512. The smallest absolute Gasteiger partial charge is 0.244 e. The fraction of sp³-hybridized carbons (Fsp3) is 0.370. The Bertz CT molecular complexity index is 1110. The van der Waals surface area contributed by atoms with Crippen LogP contribution in [-0.4, -0.2) is 45.9 Å². The summed E-state index contributed by atoms with van der Waals surface area (Å²) >= 11 is 0. The average Bonchev–Trinajstić information content (AvgIpc) is 3.54. The number of nitrogens with zero attached hydrogens (tertiary/aromatic N) is 3. The first kappa shape index (κ1) is 23.5. The molecule has 0 saturated carbocycles. The van der Waals surface area contributed by atoms with Gasteiger partial charge in [-0.25, -0.2) is 4.98 Å². The number of hydrogen-bond acceptors (Lipinski definition) is 4. The molecule has 1 aromatic carbocycles. The summed E-state index contributed by atoms with van der Waals surface area (Å²) in [7, 11) is 0. The maximum Gasteiger partial charge on any atom is 0.244 e. The van der Waals surface area contributed by atoms with Crippen LogP contribution in [0, 0.1) is 0 Å². The van der Waals surface area contributed by atoms with E-state index in [9.17, 15) is 9.59 Å². The number of imidazole rings is 1. The van der Waals surface area contributed by atoms with E-state index in [0.717, 1.165) is 25.2 Å². The Kier molecular flexibility index (Phi) is 7.62. The molecule has 3 heterocycles. The van der Waals surface area contributed by atoms with Crippen LogP contribution in [0.4, 0.5) is 0 Å². The Morgan fingerprint density at radius 1 is 1.18 bits per heavy atom. The van der Waals surface area contributed by atoms with Gasteiger partial charge < -0.3 is 19.2 Å². The molecule has 4 rings (SSSR count). The van der Waals surface area contributed by atoms with Crippen molar-refractivity contribution < 1.29 is 14.0 Å². The van der Waals surface area contributed by atoms with Gasteiger partial charge in [-0.2, -0.15) is 0 Å². The maximum absolute atomic E-state index is 12.6. The van der Waals surface area contributed by atoms with E-state index in [2.05, 4.69) is 53.0 Å². The summed E-state index contributed by atoms with van der Waals surface area (Å²) in [6.07, 6.45) is 10.1. The Balaban J connectivity index is 1.26. The Labute approximate surface area is 200 Å². The molecule has 1 aliphatic heterocycles. The van der Waals surface area contributed by atoms with Crippen LogP contribution in [0.3, 0.4) is 0 Å². The predicted molar refractivity (Wildman–Crippen MR) is 131 cm³/mol. The summed E-state index contributed by atoms with van der Waals surface area (Å²) in [4.78, 5) is 31.0. The number of piperidine rings is 1. The molecule has 2 aromatic heterocycles. The molecule has 0 radical (unpaired) electrons. The molecule has 1 aliphatic rings. The molecule has 178 valence electrons. The fourth-order valence-corrected chi connectivity index (χ4v) is 4.28. The molecule has 1 fully saturated rings. The Hall–Kier alpha value is -3.61. The van der Waals surface area contributed by atoms with Gasteiger partial charge >= 0.3 is 0 Å². The van der Waals surface area contributed by atoms with E-state index in [4.69, 9.17) is 4.42 Å². The number of carbonyl (C=O) groups is 2. The Morgan fingerprint density at radius 2 is 1.94 bits per heavy atom. The second-order valence-electron chi connectivity index (χ2n) is 9.03. The van der Waals surface area contributed by atoms with Crippen molar-refractivity contribution in [1.29, 1.82) is 0 Å². The van der Waals surface area contributed by atoms with Crippen molar-refractivity contribution in [3.05, 3.63) is 83.8 Å². The lowest BCUT2D eigenvalue weighted by Gasteiger charge is -2.32. The lowest BCUT2D eigenvalue weighted by atomic mass is 9.95. The van der Waals surface area contributed by atoms with Crippen molar-refractivity contribution >= 4 is 17.9 Å². The van der Waals surface area contributed by atoms with Gasteiger partial charge in [-0.15, -0.1) is 0 Å². The summed E-state index contributed by atoms with van der Waals surface area (Å²) in [6, 6.07) is 12.3. The van der Waals surface area contributed by atoms with Crippen molar-refractivity contribution in [3.63, 3.8) is 0 Å². The molecular weight excluding hydrogens is 428 g/mol. The molecule has 7 nitrogen and oxygen atoms in total. The van der Waals surface area contributed by atoms with Gasteiger partial charge in [0.1, 0.15) is 11.6 Å². The van der Waals surface area contributed by atoms with E-state index in [-0.39, 0.29) is 18.4 Å². The van der Waals surface area contributed by atoms with E-state index < -0.39 is 0 Å². The largest absolute Gasteiger partial charge is 0.465 e. The normalized spacial score (nSPS) is 14.7. The number of furan rings is 1. The van der Waals surface area contributed by atoms with Crippen molar-refractivity contribution in [2.24, 2.45) is 0 Å². The molecule has 1 N–H and O–H groups in total. The summed E-state index contributed by atoms with van der Waals surface area (Å²) in [5.41, 5.74) is 2.60. The second kappa shape index (κ2) is 11.0. The number of likely N-dealkylation sites (tertiary alicyclic amines) is 1. The second-order valence-corrected chi connectivity index (χ2v) is 9.03. The van der Waals surface area contributed by atoms with Gasteiger partial charge in [0.2, 0.25) is 11.8 Å². The molecule has 3 aromatic rings. The highest BCUT2D eigenvalue weighted by atomic mass is 16.3. The van der Waals surface area contributed by atoms with Crippen LogP contribution in [0.15, 0.2) is 65.5 Å². The Morgan fingerprint density at radius 3 is 2.62 bits per heavy atom. The van der Waals surface area contributed by atoms with E-state index in [0.29, 0.717) is 30.7 Å². The van der Waals surface area contributed by atoms with Crippen LogP contribution in [0.2, 0.25) is 0 Å². The van der Waals surface area contributed by atoms with Crippen LogP contribution < -0.4 is 5.32 Å². The topological polar surface area (TPSA) is 80.4 Å². The van der Waals surface area contributed by atoms with Crippen molar-refractivity contribution in [2.75, 3.05) is 19.6 Å². The maximum atomic E-state index is 12.6. The summed E-state index contributed by atoms with van der Waals surface area (Å²) in [5.74, 6) is 2.14. The van der Waals surface area contributed by atoms with Crippen LogP contribution in [-0.2, 0) is 16.1 Å². The lowest BCUT2D eigenvalue weighted by molar-refractivity contribution is -0.133. The number of rotatable bonds is 8. The van der Waals surface area contributed by atoms with E-state index >= 15 is 0 Å². The van der Waals surface area contributed by atoms with Gasteiger partial charge in [-0.05, 0) is 48.1 Å². The number of hydrogen-bond donors (Lipinski definition) is 1. The molecular formula is C27H32N4O3. The summed E-state index contributed by atoms with van der Waals surface area (Å²) in [5, 5.41) is 2.65. The lowest BCUT2D eigenvalue weighted by Crippen LogP contribution is -2.43. The number of benzene rings is 1.